The summed E-state index contributed by atoms with van der Waals surface area (Å²) in [6.07, 6.45) is 7.78. The molecule has 0 spiro atoms. The van der Waals surface area contributed by atoms with Crippen LogP contribution in [0, 0.1) is 17.3 Å². The summed E-state index contributed by atoms with van der Waals surface area (Å²) in [4.78, 5) is 17.2. The second-order valence-corrected chi connectivity index (χ2v) is 7.17. The van der Waals surface area contributed by atoms with Gasteiger partial charge in [-0.2, -0.15) is 0 Å². The number of aryl methyl sites for hydroxylation is 1. The highest BCUT2D eigenvalue weighted by atomic mass is 16.5. The molecular formula is C18H29N3O2. The van der Waals surface area contributed by atoms with E-state index >= 15 is 0 Å². The molecule has 1 fully saturated rings. The maximum atomic E-state index is 12.8. The zero-order valence-corrected chi connectivity index (χ0v) is 14.7. The molecule has 1 saturated carbocycles. The highest BCUT2D eigenvalue weighted by Crippen LogP contribution is 2.52. The van der Waals surface area contributed by atoms with Crippen LogP contribution in [0.4, 0.5) is 0 Å². The Labute approximate surface area is 138 Å². The predicted molar refractivity (Wildman–Crippen MR) is 88.9 cm³/mol. The van der Waals surface area contributed by atoms with Crippen molar-refractivity contribution in [2.24, 2.45) is 17.3 Å². The zero-order chi connectivity index (χ0) is 16.6. The van der Waals surface area contributed by atoms with Crippen molar-refractivity contribution in [3.05, 3.63) is 18.2 Å². The number of rotatable bonds is 5. The average molecular weight is 319 g/mol. The Morgan fingerprint density at radius 2 is 2.22 bits per heavy atom. The van der Waals surface area contributed by atoms with Crippen LogP contribution in [-0.2, 0) is 22.5 Å². The molecule has 0 radical (unpaired) electrons. The second kappa shape index (κ2) is 6.27. The van der Waals surface area contributed by atoms with E-state index in [9.17, 15) is 4.79 Å². The lowest BCUT2D eigenvalue weighted by Gasteiger charge is -2.60. The van der Waals surface area contributed by atoms with E-state index in [4.69, 9.17) is 4.74 Å². The van der Waals surface area contributed by atoms with Gasteiger partial charge in [-0.1, -0.05) is 20.8 Å². The topological polar surface area (TPSA) is 56.2 Å². The minimum absolute atomic E-state index is 0.0464. The van der Waals surface area contributed by atoms with Gasteiger partial charge in [-0.25, -0.2) is 4.98 Å². The van der Waals surface area contributed by atoms with Crippen LogP contribution in [0.2, 0.25) is 0 Å². The molecule has 0 bridgehead atoms. The Morgan fingerprint density at radius 1 is 1.48 bits per heavy atom. The highest BCUT2D eigenvalue weighted by Gasteiger charge is 2.59. The number of ether oxygens (including phenoxy) is 1. The van der Waals surface area contributed by atoms with Crippen molar-refractivity contribution < 1.29 is 9.53 Å². The van der Waals surface area contributed by atoms with Crippen LogP contribution in [0.5, 0.6) is 0 Å². The normalized spacial score (nSPS) is 32.0. The summed E-state index contributed by atoms with van der Waals surface area (Å²) in [7, 11) is 1.79. The van der Waals surface area contributed by atoms with Crippen LogP contribution >= 0.6 is 0 Å². The number of carbonyl (C=O) groups is 1. The van der Waals surface area contributed by atoms with Crippen molar-refractivity contribution in [2.45, 2.75) is 65.1 Å². The first-order valence-corrected chi connectivity index (χ1v) is 8.90. The zero-order valence-electron chi connectivity index (χ0n) is 14.7. The van der Waals surface area contributed by atoms with Gasteiger partial charge in [-0.05, 0) is 19.3 Å². The Hall–Kier alpha value is -1.36. The fraction of sp³-hybridized carbons (Fsp3) is 0.778. The summed E-state index contributed by atoms with van der Waals surface area (Å²) in [5.41, 5.74) is 0.0803. The molecule has 1 N–H and O–H groups in total. The maximum absolute atomic E-state index is 12.8. The minimum atomic E-state index is 0.0464. The van der Waals surface area contributed by atoms with Crippen LogP contribution in [0.3, 0.4) is 0 Å². The number of methoxy groups -OCH3 is 1. The Morgan fingerprint density at radius 3 is 2.87 bits per heavy atom. The minimum Gasteiger partial charge on any atom is -0.380 e. The van der Waals surface area contributed by atoms with Gasteiger partial charge in [0, 0.05) is 55.8 Å². The molecule has 0 saturated heterocycles. The van der Waals surface area contributed by atoms with E-state index in [-0.39, 0.29) is 29.4 Å². The Balaban J connectivity index is 1.68. The van der Waals surface area contributed by atoms with Gasteiger partial charge >= 0.3 is 0 Å². The lowest BCUT2D eigenvalue weighted by atomic mass is 9.53. The molecule has 128 valence electrons. The SMILES string of the molecule is CCC1(CC)C(NC(=O)C2CCn3ccnc3C2)C(C)C1OC. The molecule has 5 nitrogen and oxygen atoms in total. The standard InChI is InChI=1S/C18H29N3O2/c1-5-18(6-2)15(12(3)16(18)23-4)20-17(22)13-7-9-21-10-8-19-14(21)11-13/h8,10,12-13,15-16H,5-7,9,11H2,1-4H3,(H,20,22). The van der Waals surface area contributed by atoms with E-state index in [2.05, 4.69) is 35.6 Å². The molecular weight excluding hydrogens is 290 g/mol. The summed E-state index contributed by atoms with van der Waals surface area (Å²) in [5, 5.41) is 3.36. The molecule has 23 heavy (non-hydrogen) atoms. The summed E-state index contributed by atoms with van der Waals surface area (Å²) < 4.78 is 7.88. The van der Waals surface area contributed by atoms with Crippen molar-refractivity contribution >= 4 is 5.91 Å². The smallest absolute Gasteiger partial charge is 0.223 e. The van der Waals surface area contributed by atoms with Crippen LogP contribution in [0.15, 0.2) is 12.4 Å². The molecule has 1 aliphatic heterocycles. The van der Waals surface area contributed by atoms with E-state index in [0.717, 1.165) is 38.1 Å². The van der Waals surface area contributed by atoms with Gasteiger partial charge in [0.15, 0.2) is 0 Å². The maximum Gasteiger partial charge on any atom is 0.223 e. The van der Waals surface area contributed by atoms with Gasteiger partial charge < -0.3 is 14.6 Å². The van der Waals surface area contributed by atoms with Gasteiger partial charge in [0.1, 0.15) is 5.82 Å². The van der Waals surface area contributed by atoms with Gasteiger partial charge in [0.05, 0.1) is 6.10 Å². The van der Waals surface area contributed by atoms with E-state index in [1.165, 1.54) is 0 Å². The number of amides is 1. The van der Waals surface area contributed by atoms with Crippen molar-refractivity contribution in [3.8, 4) is 0 Å². The monoisotopic (exact) mass is 319 g/mol. The Bertz CT molecular complexity index is 564. The summed E-state index contributed by atoms with van der Waals surface area (Å²) in [5.74, 6) is 1.64. The van der Waals surface area contributed by atoms with Gasteiger partial charge in [-0.3, -0.25) is 4.79 Å². The number of carbonyl (C=O) groups excluding carboxylic acids is 1. The average Bonchev–Trinajstić information content (AvgIpc) is 3.04. The lowest BCUT2D eigenvalue weighted by Crippen LogP contribution is -2.70. The predicted octanol–water partition coefficient (Wildman–Crippen LogP) is 2.40. The first kappa shape index (κ1) is 16.5. The third-order valence-corrected chi connectivity index (χ3v) is 6.38. The largest absolute Gasteiger partial charge is 0.380 e. The molecule has 5 heteroatoms. The van der Waals surface area contributed by atoms with Gasteiger partial charge in [0.25, 0.3) is 0 Å². The molecule has 4 unspecified atom stereocenters. The van der Waals surface area contributed by atoms with E-state index in [1.807, 2.05) is 12.4 Å². The van der Waals surface area contributed by atoms with Gasteiger partial charge in [-0.15, -0.1) is 0 Å². The molecule has 1 aromatic heterocycles. The summed E-state index contributed by atoms with van der Waals surface area (Å²) in [6.45, 7) is 7.49. The van der Waals surface area contributed by atoms with Crippen molar-refractivity contribution in [2.75, 3.05) is 7.11 Å². The quantitative estimate of drug-likeness (QED) is 0.907. The van der Waals surface area contributed by atoms with E-state index < -0.39 is 0 Å². The number of nitrogens with zero attached hydrogens (tertiary/aromatic N) is 2. The molecule has 2 heterocycles. The van der Waals surface area contributed by atoms with Crippen LogP contribution in [0.25, 0.3) is 0 Å². The van der Waals surface area contributed by atoms with Crippen LogP contribution in [0.1, 0.15) is 45.9 Å². The second-order valence-electron chi connectivity index (χ2n) is 7.17. The molecule has 3 rings (SSSR count). The van der Waals surface area contributed by atoms with Crippen molar-refractivity contribution in [3.63, 3.8) is 0 Å². The molecule has 2 aliphatic rings. The summed E-state index contributed by atoms with van der Waals surface area (Å²) in [6, 6.07) is 0.219. The number of imidazole rings is 1. The van der Waals surface area contributed by atoms with Crippen LogP contribution < -0.4 is 5.32 Å². The molecule has 4 atom stereocenters. The Kier molecular flexibility index (Phi) is 4.50. The summed E-state index contributed by atoms with van der Waals surface area (Å²) >= 11 is 0. The first-order valence-electron chi connectivity index (χ1n) is 8.90. The highest BCUT2D eigenvalue weighted by molar-refractivity contribution is 5.79. The number of hydrogen-bond acceptors (Lipinski definition) is 3. The first-order chi connectivity index (χ1) is 11.1. The third-order valence-electron chi connectivity index (χ3n) is 6.38. The van der Waals surface area contributed by atoms with Crippen molar-refractivity contribution in [1.29, 1.82) is 0 Å². The fourth-order valence-electron chi connectivity index (χ4n) is 4.94. The fourth-order valence-corrected chi connectivity index (χ4v) is 4.94. The molecule has 1 amide bonds. The van der Waals surface area contributed by atoms with Crippen molar-refractivity contribution in [1.82, 2.24) is 14.9 Å². The van der Waals surface area contributed by atoms with E-state index in [1.54, 1.807) is 7.11 Å². The molecule has 1 aliphatic carbocycles. The number of hydrogen-bond donors (Lipinski definition) is 1. The molecule has 0 aromatic carbocycles. The lowest BCUT2D eigenvalue weighted by molar-refractivity contribution is -0.173. The number of fused-ring (bicyclic) bond motifs is 1. The van der Waals surface area contributed by atoms with Crippen LogP contribution in [-0.4, -0.2) is 34.7 Å². The number of aromatic nitrogens is 2. The van der Waals surface area contributed by atoms with Gasteiger partial charge in [0.2, 0.25) is 5.91 Å². The third kappa shape index (κ3) is 2.49. The molecule has 1 aromatic rings. The number of nitrogens with one attached hydrogen (secondary N) is 1. The van der Waals surface area contributed by atoms with E-state index in [0.29, 0.717) is 5.92 Å².